The molecule has 0 aliphatic rings. The molecular weight excluding hydrogens is 320 g/mol. The number of anilines is 1. The SMILES string of the molecule is Cc1ccc(C(=O)Nc2cn(CCCOC(C)C)nc2C(N)=O)cc1. The van der Waals surface area contributed by atoms with Crippen LogP contribution < -0.4 is 11.1 Å². The van der Waals surface area contributed by atoms with Crippen LogP contribution in [0.15, 0.2) is 30.5 Å². The first kappa shape index (κ1) is 18.7. The molecule has 134 valence electrons. The van der Waals surface area contributed by atoms with Gasteiger partial charge in [-0.2, -0.15) is 5.10 Å². The van der Waals surface area contributed by atoms with Crippen LogP contribution in [0.25, 0.3) is 0 Å². The third-order valence-corrected chi connectivity index (χ3v) is 3.54. The third kappa shape index (κ3) is 5.42. The maximum atomic E-state index is 12.3. The fraction of sp³-hybridized carbons (Fsp3) is 0.389. The quantitative estimate of drug-likeness (QED) is 0.718. The minimum atomic E-state index is -0.684. The first-order chi connectivity index (χ1) is 11.9. The number of nitrogens with two attached hydrogens (primary N) is 1. The molecule has 0 saturated heterocycles. The zero-order valence-electron chi connectivity index (χ0n) is 14.8. The summed E-state index contributed by atoms with van der Waals surface area (Å²) in [6.45, 7) is 7.04. The fourth-order valence-electron chi connectivity index (χ4n) is 2.25. The molecule has 2 rings (SSSR count). The summed E-state index contributed by atoms with van der Waals surface area (Å²) in [6.07, 6.45) is 2.52. The molecule has 1 heterocycles. The largest absolute Gasteiger partial charge is 0.379 e. The van der Waals surface area contributed by atoms with Crippen LogP contribution in [0.5, 0.6) is 0 Å². The van der Waals surface area contributed by atoms with E-state index in [-0.39, 0.29) is 17.7 Å². The van der Waals surface area contributed by atoms with Crippen LogP contribution in [0.4, 0.5) is 5.69 Å². The van der Waals surface area contributed by atoms with Gasteiger partial charge in [-0.05, 0) is 39.3 Å². The zero-order valence-corrected chi connectivity index (χ0v) is 14.8. The summed E-state index contributed by atoms with van der Waals surface area (Å²) in [7, 11) is 0. The highest BCUT2D eigenvalue weighted by Crippen LogP contribution is 2.15. The lowest BCUT2D eigenvalue weighted by Gasteiger charge is -2.06. The number of rotatable bonds is 8. The maximum Gasteiger partial charge on any atom is 0.271 e. The Morgan fingerprint density at radius 1 is 1.28 bits per heavy atom. The number of hydrogen-bond donors (Lipinski definition) is 2. The van der Waals surface area contributed by atoms with Crippen LogP contribution in [0.3, 0.4) is 0 Å². The molecule has 0 aliphatic heterocycles. The Morgan fingerprint density at radius 2 is 1.96 bits per heavy atom. The van der Waals surface area contributed by atoms with Crippen molar-refractivity contribution in [3.05, 3.63) is 47.3 Å². The molecule has 0 bridgehead atoms. The van der Waals surface area contributed by atoms with Crippen LogP contribution in [-0.4, -0.2) is 34.3 Å². The molecular formula is C18H24N4O3. The molecule has 7 nitrogen and oxygen atoms in total. The molecule has 0 atom stereocenters. The summed E-state index contributed by atoms with van der Waals surface area (Å²) < 4.78 is 7.07. The van der Waals surface area contributed by atoms with Gasteiger partial charge in [0.25, 0.3) is 11.8 Å². The van der Waals surface area contributed by atoms with Crippen molar-refractivity contribution in [2.24, 2.45) is 5.73 Å². The van der Waals surface area contributed by atoms with Crippen LogP contribution in [0.2, 0.25) is 0 Å². The molecule has 7 heteroatoms. The Balaban J connectivity index is 2.06. The van der Waals surface area contributed by atoms with Crippen LogP contribution in [0.1, 0.15) is 46.7 Å². The van der Waals surface area contributed by atoms with Gasteiger partial charge in [-0.1, -0.05) is 17.7 Å². The second-order valence-corrected chi connectivity index (χ2v) is 6.11. The fourth-order valence-corrected chi connectivity index (χ4v) is 2.25. The first-order valence-corrected chi connectivity index (χ1v) is 8.23. The lowest BCUT2D eigenvalue weighted by atomic mass is 10.1. The number of aromatic nitrogens is 2. The van der Waals surface area contributed by atoms with Crippen molar-refractivity contribution in [1.29, 1.82) is 0 Å². The summed E-state index contributed by atoms with van der Waals surface area (Å²) in [5, 5.41) is 6.86. The number of carbonyl (C=O) groups is 2. The highest BCUT2D eigenvalue weighted by atomic mass is 16.5. The topological polar surface area (TPSA) is 99.2 Å². The minimum absolute atomic E-state index is 0.0465. The zero-order chi connectivity index (χ0) is 18.4. The van der Waals surface area contributed by atoms with Gasteiger partial charge in [0.15, 0.2) is 5.69 Å². The molecule has 0 saturated carbocycles. The summed E-state index contributed by atoms with van der Waals surface area (Å²) >= 11 is 0. The predicted molar refractivity (Wildman–Crippen MR) is 95.6 cm³/mol. The number of nitrogens with one attached hydrogen (secondary N) is 1. The summed E-state index contributed by atoms with van der Waals surface area (Å²) in [5.74, 6) is -0.999. The van der Waals surface area contributed by atoms with E-state index in [0.717, 1.165) is 12.0 Å². The van der Waals surface area contributed by atoms with Gasteiger partial charge < -0.3 is 15.8 Å². The standard InChI is InChI=1S/C18H24N4O3/c1-12(2)25-10-4-9-22-11-15(16(21-22)17(19)23)20-18(24)14-7-5-13(3)6-8-14/h5-8,11-12H,4,9-10H2,1-3H3,(H2,19,23)(H,20,24). The van der Waals surface area contributed by atoms with E-state index >= 15 is 0 Å². The second-order valence-electron chi connectivity index (χ2n) is 6.11. The van der Waals surface area contributed by atoms with E-state index < -0.39 is 5.91 Å². The maximum absolute atomic E-state index is 12.3. The molecule has 0 aliphatic carbocycles. The highest BCUT2D eigenvalue weighted by molar-refractivity contribution is 6.07. The molecule has 25 heavy (non-hydrogen) atoms. The average molecular weight is 344 g/mol. The molecule has 2 aromatic rings. The van der Waals surface area contributed by atoms with Gasteiger partial charge in [0.1, 0.15) is 0 Å². The Hall–Kier alpha value is -2.67. The molecule has 1 aromatic carbocycles. The normalized spacial score (nSPS) is 10.9. The van der Waals surface area contributed by atoms with Gasteiger partial charge in [0.2, 0.25) is 0 Å². The molecule has 0 spiro atoms. The molecule has 1 aromatic heterocycles. The van der Waals surface area contributed by atoms with E-state index in [1.165, 1.54) is 0 Å². The minimum Gasteiger partial charge on any atom is -0.379 e. The Morgan fingerprint density at radius 3 is 2.56 bits per heavy atom. The Bertz CT molecular complexity index is 735. The van der Waals surface area contributed by atoms with Crippen LogP contribution >= 0.6 is 0 Å². The summed E-state index contributed by atoms with van der Waals surface area (Å²) in [6, 6.07) is 7.15. The van der Waals surface area contributed by atoms with Crippen molar-refractivity contribution in [3.63, 3.8) is 0 Å². The van der Waals surface area contributed by atoms with Crippen LogP contribution in [0, 0.1) is 6.92 Å². The molecule has 3 N–H and O–H groups in total. The number of primary amides is 1. The molecule has 0 radical (unpaired) electrons. The predicted octanol–water partition coefficient (Wildman–Crippen LogP) is 2.36. The van der Waals surface area contributed by atoms with E-state index in [0.29, 0.717) is 24.4 Å². The van der Waals surface area contributed by atoms with Crippen molar-refractivity contribution in [2.75, 3.05) is 11.9 Å². The first-order valence-electron chi connectivity index (χ1n) is 8.23. The lowest BCUT2D eigenvalue weighted by molar-refractivity contribution is 0.0743. The number of aryl methyl sites for hydroxylation is 2. The van der Waals surface area contributed by atoms with Gasteiger partial charge >= 0.3 is 0 Å². The Kier molecular flexibility index (Phi) is 6.30. The summed E-state index contributed by atoms with van der Waals surface area (Å²) in [4.78, 5) is 23.9. The van der Waals surface area contributed by atoms with Crippen molar-refractivity contribution in [1.82, 2.24) is 9.78 Å². The summed E-state index contributed by atoms with van der Waals surface area (Å²) in [5.41, 5.74) is 7.28. The molecule has 0 unspecified atom stereocenters. The average Bonchev–Trinajstić information content (AvgIpc) is 2.95. The van der Waals surface area contributed by atoms with E-state index in [4.69, 9.17) is 10.5 Å². The van der Waals surface area contributed by atoms with E-state index in [9.17, 15) is 9.59 Å². The van der Waals surface area contributed by atoms with Gasteiger partial charge in [-0.3, -0.25) is 14.3 Å². The van der Waals surface area contributed by atoms with Crippen molar-refractivity contribution >= 4 is 17.5 Å². The second kappa shape index (κ2) is 8.43. The smallest absolute Gasteiger partial charge is 0.271 e. The number of amides is 2. The third-order valence-electron chi connectivity index (χ3n) is 3.54. The van der Waals surface area contributed by atoms with Crippen LogP contribution in [-0.2, 0) is 11.3 Å². The Labute approximate surface area is 147 Å². The van der Waals surface area contributed by atoms with E-state index in [1.54, 1.807) is 23.0 Å². The lowest BCUT2D eigenvalue weighted by Crippen LogP contribution is -2.18. The van der Waals surface area contributed by atoms with Gasteiger partial charge in [0.05, 0.1) is 11.8 Å². The van der Waals surface area contributed by atoms with E-state index in [2.05, 4.69) is 10.4 Å². The van der Waals surface area contributed by atoms with E-state index in [1.807, 2.05) is 32.9 Å². The monoisotopic (exact) mass is 344 g/mol. The molecule has 2 amide bonds. The number of carbonyl (C=O) groups excluding carboxylic acids is 2. The van der Waals surface area contributed by atoms with Gasteiger partial charge in [-0.15, -0.1) is 0 Å². The van der Waals surface area contributed by atoms with Crippen molar-refractivity contribution < 1.29 is 14.3 Å². The van der Waals surface area contributed by atoms with Gasteiger partial charge in [0, 0.05) is 24.9 Å². The van der Waals surface area contributed by atoms with Gasteiger partial charge in [-0.25, -0.2) is 0 Å². The number of nitrogens with zero attached hydrogens (tertiary/aromatic N) is 2. The highest BCUT2D eigenvalue weighted by Gasteiger charge is 2.17. The van der Waals surface area contributed by atoms with Crippen molar-refractivity contribution in [3.8, 4) is 0 Å². The van der Waals surface area contributed by atoms with Crippen molar-refractivity contribution in [2.45, 2.75) is 39.8 Å². The molecule has 0 fully saturated rings. The number of benzene rings is 1. The number of ether oxygens (including phenoxy) is 1. The number of hydrogen-bond acceptors (Lipinski definition) is 4.